The highest BCUT2D eigenvalue weighted by Gasteiger charge is 2.32. The van der Waals surface area contributed by atoms with E-state index in [1.807, 2.05) is 20.8 Å². The van der Waals surface area contributed by atoms with E-state index in [9.17, 15) is 9.59 Å². The Morgan fingerprint density at radius 3 is 1.82 bits per heavy atom. The summed E-state index contributed by atoms with van der Waals surface area (Å²) in [5, 5.41) is 8.73. The molecule has 0 aromatic heterocycles. The summed E-state index contributed by atoms with van der Waals surface area (Å²) < 4.78 is 0. The van der Waals surface area contributed by atoms with Crippen molar-refractivity contribution in [1.82, 2.24) is 0 Å². The summed E-state index contributed by atoms with van der Waals surface area (Å²) in [5.41, 5.74) is -0.349. The fourth-order valence-electron chi connectivity index (χ4n) is 1.98. The van der Waals surface area contributed by atoms with Crippen molar-refractivity contribution in [2.45, 2.75) is 60.8 Å². The Morgan fingerprint density at radius 1 is 1.06 bits per heavy atom. The zero-order chi connectivity index (χ0) is 13.9. The van der Waals surface area contributed by atoms with Crippen molar-refractivity contribution in [2.75, 3.05) is 0 Å². The van der Waals surface area contributed by atoms with E-state index >= 15 is 0 Å². The van der Waals surface area contributed by atoms with Crippen molar-refractivity contribution >= 4 is 11.8 Å². The van der Waals surface area contributed by atoms with Gasteiger partial charge >= 0.3 is 5.97 Å². The molecule has 0 aliphatic rings. The van der Waals surface area contributed by atoms with Crippen LogP contribution in [0.4, 0.5) is 0 Å². The smallest absolute Gasteiger partial charge is 0.303 e. The van der Waals surface area contributed by atoms with Crippen LogP contribution in [0.3, 0.4) is 0 Å². The van der Waals surface area contributed by atoms with Gasteiger partial charge in [-0.3, -0.25) is 9.59 Å². The van der Waals surface area contributed by atoms with Gasteiger partial charge in [0.15, 0.2) is 0 Å². The van der Waals surface area contributed by atoms with E-state index in [2.05, 4.69) is 20.8 Å². The van der Waals surface area contributed by atoms with Crippen molar-refractivity contribution in [1.29, 1.82) is 0 Å². The van der Waals surface area contributed by atoms with Gasteiger partial charge in [-0.15, -0.1) is 0 Å². The van der Waals surface area contributed by atoms with Crippen LogP contribution in [-0.2, 0) is 9.59 Å². The molecule has 0 bridgehead atoms. The first-order chi connectivity index (χ1) is 7.43. The second kappa shape index (κ2) is 5.65. The minimum Gasteiger partial charge on any atom is -0.481 e. The quantitative estimate of drug-likeness (QED) is 0.802. The number of carbonyl (C=O) groups is 2. The molecule has 0 aromatic rings. The van der Waals surface area contributed by atoms with Gasteiger partial charge in [-0.1, -0.05) is 41.5 Å². The number of rotatable bonds is 5. The molecule has 3 nitrogen and oxygen atoms in total. The van der Waals surface area contributed by atoms with Gasteiger partial charge in [0, 0.05) is 17.8 Å². The topological polar surface area (TPSA) is 54.4 Å². The Kier molecular flexibility index (Phi) is 5.37. The minimum absolute atomic E-state index is 0.0457. The molecule has 0 heterocycles. The third-order valence-corrected chi connectivity index (χ3v) is 2.68. The Balaban J connectivity index is 4.73. The highest BCUT2D eigenvalue weighted by molar-refractivity contribution is 5.86. The molecule has 0 radical (unpaired) electrons. The van der Waals surface area contributed by atoms with E-state index in [1.54, 1.807) is 0 Å². The first kappa shape index (κ1) is 16.1. The molecular weight excluding hydrogens is 216 g/mol. The molecule has 0 saturated carbocycles. The third-order valence-electron chi connectivity index (χ3n) is 2.68. The second-order valence-electron chi connectivity index (χ2n) is 7.01. The summed E-state index contributed by atoms with van der Waals surface area (Å²) in [5.74, 6) is -0.801. The van der Waals surface area contributed by atoms with E-state index in [-0.39, 0.29) is 23.5 Å². The molecule has 0 spiro atoms. The van der Waals surface area contributed by atoms with Crippen LogP contribution in [-0.4, -0.2) is 16.9 Å². The fraction of sp³-hybridized carbons (Fsp3) is 0.857. The van der Waals surface area contributed by atoms with Crippen LogP contribution >= 0.6 is 0 Å². The van der Waals surface area contributed by atoms with Crippen LogP contribution in [0.2, 0.25) is 0 Å². The Morgan fingerprint density at radius 2 is 1.53 bits per heavy atom. The molecule has 0 rings (SSSR count). The number of aliphatic carboxylic acids is 1. The predicted octanol–water partition coefficient (Wildman–Crippen LogP) is 3.52. The SMILES string of the molecule is CC(C)(C)CC(CCC(=O)O)C(=O)C(C)(C)C. The molecule has 0 fully saturated rings. The van der Waals surface area contributed by atoms with E-state index < -0.39 is 11.4 Å². The van der Waals surface area contributed by atoms with Gasteiger partial charge in [0.2, 0.25) is 0 Å². The van der Waals surface area contributed by atoms with Crippen molar-refractivity contribution in [3.8, 4) is 0 Å². The number of carboxylic acids is 1. The monoisotopic (exact) mass is 242 g/mol. The van der Waals surface area contributed by atoms with Gasteiger partial charge in [-0.2, -0.15) is 0 Å². The van der Waals surface area contributed by atoms with E-state index in [1.165, 1.54) is 0 Å². The molecule has 0 saturated heterocycles. The van der Waals surface area contributed by atoms with Crippen LogP contribution in [0.5, 0.6) is 0 Å². The summed E-state index contributed by atoms with van der Waals surface area (Å²) >= 11 is 0. The van der Waals surface area contributed by atoms with Gasteiger partial charge in [0.05, 0.1) is 0 Å². The molecule has 17 heavy (non-hydrogen) atoms. The molecule has 1 N–H and O–H groups in total. The molecule has 0 aromatic carbocycles. The van der Waals surface area contributed by atoms with Crippen molar-refractivity contribution in [3.63, 3.8) is 0 Å². The third kappa shape index (κ3) is 7.14. The van der Waals surface area contributed by atoms with Gasteiger partial charge < -0.3 is 5.11 Å². The average Bonchev–Trinajstić information content (AvgIpc) is 2.07. The lowest BCUT2D eigenvalue weighted by Gasteiger charge is -2.29. The zero-order valence-electron chi connectivity index (χ0n) is 12.0. The minimum atomic E-state index is -0.828. The van der Waals surface area contributed by atoms with Crippen molar-refractivity contribution in [2.24, 2.45) is 16.7 Å². The van der Waals surface area contributed by atoms with Crippen LogP contribution in [0.15, 0.2) is 0 Å². The molecule has 0 aliphatic heterocycles. The lowest BCUT2D eigenvalue weighted by atomic mass is 9.74. The highest BCUT2D eigenvalue weighted by Crippen LogP contribution is 2.32. The second-order valence-corrected chi connectivity index (χ2v) is 7.01. The maximum Gasteiger partial charge on any atom is 0.303 e. The zero-order valence-corrected chi connectivity index (χ0v) is 12.0. The summed E-state index contributed by atoms with van der Waals surface area (Å²) in [4.78, 5) is 22.9. The standard InChI is InChI=1S/C14H26O3/c1-13(2,3)9-10(7-8-11(15)16)12(17)14(4,5)6/h10H,7-9H2,1-6H3,(H,15,16). The summed E-state index contributed by atoms with van der Waals surface area (Å²) in [6, 6.07) is 0. The van der Waals surface area contributed by atoms with E-state index in [0.717, 1.165) is 6.42 Å². The number of ketones is 1. The van der Waals surface area contributed by atoms with Gasteiger partial charge in [0.25, 0.3) is 0 Å². The lowest BCUT2D eigenvalue weighted by molar-refractivity contribution is -0.138. The number of carbonyl (C=O) groups excluding carboxylic acids is 1. The van der Waals surface area contributed by atoms with Crippen LogP contribution < -0.4 is 0 Å². The molecule has 1 unspecified atom stereocenters. The largest absolute Gasteiger partial charge is 0.481 e. The van der Waals surface area contributed by atoms with Crippen molar-refractivity contribution in [3.05, 3.63) is 0 Å². The van der Waals surface area contributed by atoms with Crippen LogP contribution in [0.25, 0.3) is 0 Å². The summed E-state index contributed by atoms with van der Waals surface area (Å²) in [6.07, 6.45) is 1.27. The van der Waals surface area contributed by atoms with Crippen LogP contribution in [0, 0.1) is 16.7 Å². The molecular formula is C14H26O3. The van der Waals surface area contributed by atoms with Gasteiger partial charge in [-0.25, -0.2) is 0 Å². The molecule has 100 valence electrons. The Labute approximate surface area is 105 Å². The highest BCUT2D eigenvalue weighted by atomic mass is 16.4. The lowest BCUT2D eigenvalue weighted by Crippen LogP contribution is -2.31. The maximum atomic E-state index is 12.3. The molecule has 0 amide bonds. The number of hydrogen-bond donors (Lipinski definition) is 1. The Hall–Kier alpha value is -0.860. The predicted molar refractivity (Wildman–Crippen MR) is 68.9 cm³/mol. The van der Waals surface area contributed by atoms with Crippen molar-refractivity contribution < 1.29 is 14.7 Å². The first-order valence-corrected chi connectivity index (χ1v) is 6.19. The fourth-order valence-corrected chi connectivity index (χ4v) is 1.98. The van der Waals surface area contributed by atoms with Gasteiger partial charge in [-0.05, 0) is 18.3 Å². The van der Waals surface area contributed by atoms with Gasteiger partial charge in [0.1, 0.15) is 5.78 Å². The molecule has 0 aliphatic carbocycles. The Bertz CT molecular complexity index is 279. The summed E-state index contributed by atoms with van der Waals surface area (Å²) in [6.45, 7) is 11.9. The number of Topliss-reactive ketones (excluding diaryl/α,β-unsaturated/α-hetero) is 1. The summed E-state index contributed by atoms with van der Waals surface area (Å²) in [7, 11) is 0. The average molecular weight is 242 g/mol. The number of hydrogen-bond acceptors (Lipinski definition) is 2. The molecule has 3 heteroatoms. The van der Waals surface area contributed by atoms with Crippen LogP contribution in [0.1, 0.15) is 60.8 Å². The normalized spacial score (nSPS) is 14.5. The van der Waals surface area contributed by atoms with E-state index in [0.29, 0.717) is 6.42 Å². The first-order valence-electron chi connectivity index (χ1n) is 6.19. The maximum absolute atomic E-state index is 12.3. The number of carboxylic acid groups (broad SMARTS) is 1. The van der Waals surface area contributed by atoms with E-state index in [4.69, 9.17) is 5.11 Å². The molecule has 1 atom stereocenters.